The van der Waals surface area contributed by atoms with Crippen LogP contribution in [-0.4, -0.2) is 44.3 Å². The minimum absolute atomic E-state index is 0.0414. The number of para-hydroxylation sites is 1. The van der Waals surface area contributed by atoms with E-state index < -0.39 is 28.5 Å². The van der Waals surface area contributed by atoms with Crippen molar-refractivity contribution >= 4 is 43.5 Å². The zero-order valence-electron chi connectivity index (χ0n) is 24.0. The van der Waals surface area contributed by atoms with Gasteiger partial charge in [-0.15, -0.1) is 0 Å². The molecular weight excluding hydrogens is 630 g/mol. The van der Waals surface area contributed by atoms with Crippen LogP contribution in [0.25, 0.3) is 0 Å². The largest absolute Gasteiger partial charge is 0.457 e. The molecule has 0 bridgehead atoms. The van der Waals surface area contributed by atoms with Crippen LogP contribution in [0.2, 0.25) is 0 Å². The van der Waals surface area contributed by atoms with E-state index in [2.05, 4.69) is 21.2 Å². The van der Waals surface area contributed by atoms with E-state index in [0.29, 0.717) is 18.0 Å². The highest BCUT2D eigenvalue weighted by atomic mass is 79.9. The fourth-order valence-electron chi connectivity index (χ4n) is 4.36. The molecule has 0 fully saturated rings. The van der Waals surface area contributed by atoms with Gasteiger partial charge in [-0.05, 0) is 79.6 Å². The number of carbonyl (C=O) groups is 2. The van der Waals surface area contributed by atoms with Crippen LogP contribution < -0.4 is 14.4 Å². The minimum atomic E-state index is -4.16. The Bertz CT molecular complexity index is 1620. The maximum atomic E-state index is 14.0. The van der Waals surface area contributed by atoms with Crippen molar-refractivity contribution in [1.82, 2.24) is 10.2 Å². The zero-order chi connectivity index (χ0) is 30.8. The number of nitrogens with zero attached hydrogens (tertiary/aromatic N) is 2. The fraction of sp³-hybridized carbons (Fsp3) is 0.212. The van der Waals surface area contributed by atoms with Crippen LogP contribution in [-0.2, 0) is 26.2 Å². The third kappa shape index (κ3) is 8.46. The minimum Gasteiger partial charge on any atom is -0.457 e. The molecule has 4 rings (SSSR count). The van der Waals surface area contributed by atoms with Crippen LogP contribution in [0.5, 0.6) is 11.5 Å². The molecule has 0 aromatic heterocycles. The predicted octanol–water partition coefficient (Wildman–Crippen LogP) is 6.38. The second-order valence-electron chi connectivity index (χ2n) is 9.85. The van der Waals surface area contributed by atoms with Gasteiger partial charge in [0.1, 0.15) is 24.1 Å². The number of hydrogen-bond acceptors (Lipinski definition) is 5. The van der Waals surface area contributed by atoms with Gasteiger partial charge in [0.25, 0.3) is 10.0 Å². The van der Waals surface area contributed by atoms with Crippen molar-refractivity contribution in [3.05, 3.63) is 119 Å². The highest BCUT2D eigenvalue weighted by molar-refractivity contribution is 9.10. The van der Waals surface area contributed by atoms with Crippen LogP contribution in [0.15, 0.2) is 119 Å². The van der Waals surface area contributed by atoms with Gasteiger partial charge in [0.2, 0.25) is 11.8 Å². The van der Waals surface area contributed by atoms with Crippen molar-refractivity contribution in [1.29, 1.82) is 0 Å². The average molecular weight is 665 g/mol. The molecule has 0 unspecified atom stereocenters. The van der Waals surface area contributed by atoms with Gasteiger partial charge >= 0.3 is 0 Å². The van der Waals surface area contributed by atoms with E-state index in [4.69, 9.17) is 4.74 Å². The van der Waals surface area contributed by atoms with E-state index in [-0.39, 0.29) is 23.0 Å². The van der Waals surface area contributed by atoms with Crippen LogP contribution in [0.1, 0.15) is 25.8 Å². The van der Waals surface area contributed by atoms with Crippen LogP contribution in [0.3, 0.4) is 0 Å². The lowest BCUT2D eigenvalue weighted by Crippen LogP contribution is -2.51. The average Bonchev–Trinajstić information content (AvgIpc) is 3.02. The Morgan fingerprint density at radius 2 is 1.49 bits per heavy atom. The van der Waals surface area contributed by atoms with Crippen molar-refractivity contribution in [2.45, 2.75) is 37.8 Å². The molecule has 0 aliphatic carbocycles. The molecule has 0 radical (unpaired) electrons. The Morgan fingerprint density at radius 1 is 0.860 bits per heavy atom. The highest BCUT2D eigenvalue weighted by Gasteiger charge is 2.32. The Labute approximate surface area is 261 Å². The molecule has 0 spiro atoms. The summed E-state index contributed by atoms with van der Waals surface area (Å²) in [6, 6.07) is 30.3. The number of sulfonamides is 1. The first kappa shape index (κ1) is 31.8. The molecule has 0 heterocycles. The van der Waals surface area contributed by atoms with E-state index >= 15 is 0 Å². The monoisotopic (exact) mass is 663 g/mol. The lowest BCUT2D eigenvalue weighted by molar-refractivity contribution is -0.139. The third-order valence-corrected chi connectivity index (χ3v) is 8.95. The molecule has 4 aromatic carbocycles. The maximum Gasteiger partial charge on any atom is 0.264 e. The summed E-state index contributed by atoms with van der Waals surface area (Å²) in [6.07, 6.45) is 0.741. The van der Waals surface area contributed by atoms with E-state index in [1.54, 1.807) is 49.4 Å². The first-order valence-corrected chi connectivity index (χ1v) is 16.1. The summed E-state index contributed by atoms with van der Waals surface area (Å²) in [4.78, 5) is 28.5. The molecule has 0 saturated heterocycles. The molecule has 4 aromatic rings. The van der Waals surface area contributed by atoms with Gasteiger partial charge in [-0.2, -0.15) is 0 Å². The molecule has 0 aliphatic heterocycles. The van der Waals surface area contributed by atoms with Crippen molar-refractivity contribution < 1.29 is 22.7 Å². The van der Waals surface area contributed by atoms with Crippen molar-refractivity contribution in [3.8, 4) is 11.5 Å². The molecule has 2 amide bonds. The Hall–Kier alpha value is -4.15. The number of halogens is 1. The van der Waals surface area contributed by atoms with Gasteiger partial charge in [0.05, 0.1) is 10.6 Å². The summed E-state index contributed by atoms with van der Waals surface area (Å²) < 4.78 is 35.7. The van der Waals surface area contributed by atoms with Gasteiger partial charge in [-0.1, -0.05) is 71.4 Å². The first-order chi connectivity index (χ1) is 20.7. The van der Waals surface area contributed by atoms with Gasteiger partial charge in [-0.3, -0.25) is 13.9 Å². The smallest absolute Gasteiger partial charge is 0.264 e. The van der Waals surface area contributed by atoms with Crippen LogP contribution >= 0.6 is 15.9 Å². The van der Waals surface area contributed by atoms with E-state index in [1.807, 2.05) is 61.5 Å². The zero-order valence-corrected chi connectivity index (χ0v) is 26.4. The molecule has 0 aliphatic rings. The fourth-order valence-corrected chi connectivity index (χ4v) is 6.25. The molecule has 0 saturated carbocycles. The van der Waals surface area contributed by atoms with Crippen molar-refractivity contribution in [3.63, 3.8) is 0 Å². The number of benzene rings is 4. The number of carbonyl (C=O) groups excluding carboxylic acids is 2. The summed E-state index contributed by atoms with van der Waals surface area (Å²) in [5.74, 6) is 0.307. The number of hydrogen-bond donors (Lipinski definition) is 1. The summed E-state index contributed by atoms with van der Waals surface area (Å²) in [5.41, 5.74) is 1.07. The van der Waals surface area contributed by atoms with E-state index in [1.165, 1.54) is 17.0 Å². The first-order valence-electron chi connectivity index (χ1n) is 13.9. The van der Waals surface area contributed by atoms with Gasteiger partial charge < -0.3 is 15.0 Å². The maximum absolute atomic E-state index is 14.0. The van der Waals surface area contributed by atoms with Crippen molar-refractivity contribution in [2.75, 3.05) is 17.4 Å². The highest BCUT2D eigenvalue weighted by Crippen LogP contribution is 2.28. The molecule has 224 valence electrons. The summed E-state index contributed by atoms with van der Waals surface area (Å²) in [6.45, 7) is 3.65. The third-order valence-electron chi connectivity index (χ3n) is 6.67. The predicted molar refractivity (Wildman–Crippen MR) is 171 cm³/mol. The molecular formula is C33H34BrN3O5S. The summed E-state index contributed by atoms with van der Waals surface area (Å²) in [7, 11) is -4.16. The topological polar surface area (TPSA) is 96.0 Å². The van der Waals surface area contributed by atoms with E-state index in [0.717, 1.165) is 20.8 Å². The summed E-state index contributed by atoms with van der Waals surface area (Å²) in [5, 5.41) is 2.84. The lowest BCUT2D eigenvalue weighted by Gasteiger charge is -2.32. The van der Waals surface area contributed by atoms with Crippen LogP contribution in [0.4, 0.5) is 5.69 Å². The second-order valence-corrected chi connectivity index (χ2v) is 12.6. The number of nitrogens with one attached hydrogen (secondary N) is 1. The van der Waals surface area contributed by atoms with Gasteiger partial charge in [0, 0.05) is 17.6 Å². The number of ether oxygens (including phenoxy) is 1. The molecule has 1 atom stereocenters. The Morgan fingerprint density at radius 3 is 2.12 bits per heavy atom. The van der Waals surface area contributed by atoms with Crippen LogP contribution in [0, 0.1) is 0 Å². The van der Waals surface area contributed by atoms with Gasteiger partial charge in [-0.25, -0.2) is 8.42 Å². The second kappa shape index (κ2) is 14.8. The van der Waals surface area contributed by atoms with Crippen molar-refractivity contribution in [2.24, 2.45) is 0 Å². The number of anilines is 1. The molecule has 43 heavy (non-hydrogen) atoms. The SMILES string of the molecule is CCCNC(=O)[C@@H](C)N(Cc1cccc(Br)c1)C(=O)CN(c1ccc(Oc2ccccc2)cc1)S(=O)(=O)c1ccccc1. The summed E-state index contributed by atoms with van der Waals surface area (Å²) >= 11 is 3.46. The Kier molecular flexibility index (Phi) is 11.0. The quantitative estimate of drug-likeness (QED) is 0.179. The number of amides is 2. The normalized spacial score (nSPS) is 11.8. The number of rotatable bonds is 13. The Balaban J connectivity index is 1.68. The lowest BCUT2D eigenvalue weighted by atomic mass is 10.1. The standard InChI is InChI=1S/C33H34BrN3O5S/c1-3-21-35-33(39)25(2)36(23-26-11-10-12-27(34)22-26)32(38)24-37(43(40,41)31-15-8-5-9-16-31)28-17-19-30(20-18-28)42-29-13-6-4-7-14-29/h4-20,22,25H,3,21,23-24H2,1-2H3,(H,35,39)/t25-/m1/s1. The molecule has 10 heteroatoms. The van der Waals surface area contributed by atoms with Gasteiger partial charge in [0.15, 0.2) is 0 Å². The van der Waals surface area contributed by atoms with E-state index in [9.17, 15) is 18.0 Å². The molecule has 1 N–H and O–H groups in total. The molecule has 8 nitrogen and oxygen atoms in total.